The number of H-pyrrole nitrogens is 1. The number of carbonyl (C=O) groups excluding carboxylic acids is 5. The van der Waals surface area contributed by atoms with Gasteiger partial charge in [0.25, 0.3) is 17.4 Å². The van der Waals surface area contributed by atoms with Crippen LogP contribution >= 0.6 is 0 Å². The number of nitrogens with one attached hydrogen (secondary N) is 3. The van der Waals surface area contributed by atoms with E-state index in [0.29, 0.717) is 54.0 Å². The Morgan fingerprint density at radius 1 is 0.855 bits per heavy atom. The van der Waals surface area contributed by atoms with E-state index >= 15 is 4.39 Å². The van der Waals surface area contributed by atoms with Crippen LogP contribution in [0.5, 0.6) is 0 Å². The number of fused-ring (bicyclic) bond motifs is 1. The highest BCUT2D eigenvalue weighted by Crippen LogP contribution is 2.24. The molecule has 4 heterocycles. The summed E-state index contributed by atoms with van der Waals surface area (Å²) in [5.41, 5.74) is 1.57. The Morgan fingerprint density at radius 2 is 1.57 bits per heavy atom. The van der Waals surface area contributed by atoms with Crippen LogP contribution in [0.1, 0.15) is 58.4 Å². The number of aromatic amines is 1. The third-order valence-electron chi connectivity index (χ3n) is 11.3. The molecule has 2 aromatic heterocycles. The van der Waals surface area contributed by atoms with Crippen molar-refractivity contribution in [3.05, 3.63) is 129 Å². The molecule has 2 saturated heterocycles. The highest BCUT2D eigenvalue weighted by Gasteiger charge is 2.29. The minimum Gasteiger partial charge on any atom is -0.445 e. The van der Waals surface area contributed by atoms with E-state index in [1.54, 1.807) is 75.5 Å². The molecular weight excluding hydrogens is 894 g/mol. The zero-order valence-electron chi connectivity index (χ0n) is 38.8. The van der Waals surface area contributed by atoms with Gasteiger partial charge in [-0.2, -0.15) is 5.10 Å². The van der Waals surface area contributed by atoms with Gasteiger partial charge in [-0.15, -0.1) is 0 Å². The Hall–Kier alpha value is -7.45. The number of anilines is 2. The van der Waals surface area contributed by atoms with Crippen LogP contribution in [-0.2, 0) is 36.8 Å². The van der Waals surface area contributed by atoms with Crippen LogP contribution in [0.4, 0.5) is 25.4 Å². The number of benzene rings is 3. The second-order valence-electron chi connectivity index (χ2n) is 17.4. The van der Waals surface area contributed by atoms with Crippen LogP contribution in [0.15, 0.2) is 89.9 Å². The number of nitrogens with zero attached hydrogens (tertiary/aromatic N) is 6. The summed E-state index contributed by atoms with van der Waals surface area (Å²) in [5, 5.41) is 13.2. The van der Waals surface area contributed by atoms with Gasteiger partial charge in [-0.3, -0.25) is 29.4 Å². The molecule has 0 bridgehead atoms. The predicted molar refractivity (Wildman–Crippen MR) is 253 cm³/mol. The monoisotopic (exact) mass is 949 g/mol. The summed E-state index contributed by atoms with van der Waals surface area (Å²) in [7, 11) is 0. The molecule has 69 heavy (non-hydrogen) atoms. The van der Waals surface area contributed by atoms with E-state index in [1.165, 1.54) is 26.8 Å². The first-order valence-corrected chi connectivity index (χ1v) is 22.7. The summed E-state index contributed by atoms with van der Waals surface area (Å²) in [6.45, 7) is 7.69. The maximum absolute atomic E-state index is 15.2. The molecule has 5 amide bonds. The summed E-state index contributed by atoms with van der Waals surface area (Å²) in [4.78, 5) is 89.8. The molecule has 0 saturated carbocycles. The van der Waals surface area contributed by atoms with E-state index in [1.807, 2.05) is 23.1 Å². The molecule has 7 rings (SSSR count). The Bertz CT molecular complexity index is 2680. The molecule has 3 N–H and O–H groups in total. The van der Waals surface area contributed by atoms with Crippen LogP contribution in [0.3, 0.4) is 0 Å². The maximum atomic E-state index is 15.2. The second kappa shape index (κ2) is 23.0. The number of amides is 5. The molecule has 19 nitrogen and oxygen atoms in total. The quantitative estimate of drug-likeness (QED) is 0.115. The minimum absolute atomic E-state index is 0.0110. The Labute approximate surface area is 397 Å². The zero-order valence-corrected chi connectivity index (χ0v) is 38.8. The minimum atomic E-state index is -0.777. The van der Waals surface area contributed by atoms with Gasteiger partial charge >= 0.3 is 12.2 Å². The van der Waals surface area contributed by atoms with Crippen molar-refractivity contribution in [2.75, 3.05) is 95.5 Å². The second-order valence-corrected chi connectivity index (χ2v) is 17.4. The molecule has 2 aliphatic rings. The van der Waals surface area contributed by atoms with Gasteiger partial charge < -0.3 is 39.0 Å². The van der Waals surface area contributed by atoms with Crippen molar-refractivity contribution in [1.82, 2.24) is 35.2 Å². The lowest BCUT2D eigenvalue weighted by atomic mass is 10.0. The van der Waals surface area contributed by atoms with Crippen molar-refractivity contribution in [3.8, 4) is 0 Å². The molecule has 3 aromatic carbocycles. The molecule has 2 aliphatic heterocycles. The molecule has 0 radical (unpaired) electrons. The third-order valence-corrected chi connectivity index (χ3v) is 11.3. The zero-order chi connectivity index (χ0) is 48.9. The number of aromatic nitrogens is 3. The number of carbonyl (C=O) groups is 5. The molecule has 0 unspecified atom stereocenters. The van der Waals surface area contributed by atoms with Gasteiger partial charge in [-0.25, -0.2) is 24.1 Å². The van der Waals surface area contributed by atoms with Crippen LogP contribution in [0, 0.1) is 5.82 Å². The number of morpholine rings is 1. The van der Waals surface area contributed by atoms with Crippen molar-refractivity contribution >= 4 is 52.1 Å². The Kier molecular flexibility index (Phi) is 16.5. The smallest absolute Gasteiger partial charge is 0.412 e. The van der Waals surface area contributed by atoms with Gasteiger partial charge in [0.05, 0.1) is 60.6 Å². The molecular formula is C49H56FN9O10. The maximum Gasteiger partial charge on any atom is 0.412 e. The Balaban J connectivity index is 0.920. The molecule has 0 spiro atoms. The normalized spacial score (nSPS) is 14.0. The number of halogens is 1. The number of ether oxygens (including phenoxy) is 4. The largest absolute Gasteiger partial charge is 0.445 e. The summed E-state index contributed by atoms with van der Waals surface area (Å²) in [5.74, 6) is -2.17. The molecule has 364 valence electrons. The molecule has 0 atom stereocenters. The van der Waals surface area contributed by atoms with Gasteiger partial charge in [0.1, 0.15) is 24.6 Å². The van der Waals surface area contributed by atoms with Gasteiger partial charge in [-0.1, -0.05) is 54.6 Å². The fourth-order valence-corrected chi connectivity index (χ4v) is 7.72. The molecule has 20 heteroatoms. The lowest BCUT2D eigenvalue weighted by Gasteiger charge is -2.36. The van der Waals surface area contributed by atoms with E-state index in [0.717, 1.165) is 5.56 Å². The number of piperazine rings is 1. The van der Waals surface area contributed by atoms with E-state index in [-0.39, 0.29) is 100 Å². The first-order valence-electron chi connectivity index (χ1n) is 22.7. The van der Waals surface area contributed by atoms with Crippen LogP contribution in [0.25, 0.3) is 10.8 Å². The third kappa shape index (κ3) is 13.6. The van der Waals surface area contributed by atoms with Crippen LogP contribution in [0.2, 0.25) is 0 Å². The van der Waals surface area contributed by atoms with E-state index in [9.17, 15) is 28.8 Å². The molecule has 2 fully saturated rings. The van der Waals surface area contributed by atoms with Gasteiger partial charge in [-0.05, 0) is 56.2 Å². The average molecular weight is 950 g/mol. The van der Waals surface area contributed by atoms with Crippen molar-refractivity contribution in [2.45, 2.75) is 39.4 Å². The summed E-state index contributed by atoms with van der Waals surface area (Å²) in [6.07, 6.45) is 0.317. The summed E-state index contributed by atoms with van der Waals surface area (Å²) >= 11 is 0. The highest BCUT2D eigenvalue weighted by molar-refractivity contribution is 6.01. The van der Waals surface area contributed by atoms with Crippen molar-refractivity contribution < 1.29 is 47.3 Å². The van der Waals surface area contributed by atoms with E-state index in [2.05, 4.69) is 25.8 Å². The van der Waals surface area contributed by atoms with Crippen molar-refractivity contribution in [1.29, 1.82) is 0 Å². The van der Waals surface area contributed by atoms with Crippen LogP contribution < -0.4 is 21.1 Å². The summed E-state index contributed by atoms with van der Waals surface area (Å²) in [6, 6.07) is 22.1. The first kappa shape index (κ1) is 49.5. The SMILES string of the molecule is CC(C)(C)OC(=O)Nc1cc(N2CCOCC2)cnc1C(=O)NCCOCCN(CC(=O)N1CCN(C(=O)c2cc(Cc3n[nH]c(=O)c4ccccc34)ccc2F)CC1)C(=O)OCc1ccccc1. The number of hydrogen-bond acceptors (Lipinski definition) is 13. The molecule has 5 aromatic rings. The Morgan fingerprint density at radius 3 is 2.30 bits per heavy atom. The van der Waals surface area contributed by atoms with E-state index < -0.39 is 35.4 Å². The van der Waals surface area contributed by atoms with Gasteiger partial charge in [0.2, 0.25) is 5.91 Å². The predicted octanol–water partition coefficient (Wildman–Crippen LogP) is 4.60. The van der Waals surface area contributed by atoms with Crippen molar-refractivity contribution in [2.24, 2.45) is 0 Å². The average Bonchev–Trinajstić information content (AvgIpc) is 3.35. The lowest BCUT2D eigenvalue weighted by molar-refractivity contribution is -0.133. The number of hydrogen-bond donors (Lipinski definition) is 3. The van der Waals surface area contributed by atoms with Crippen LogP contribution in [-0.4, -0.2) is 151 Å². The first-order chi connectivity index (χ1) is 33.2. The fraction of sp³-hybridized carbons (Fsp3) is 0.388. The van der Waals surface area contributed by atoms with E-state index in [4.69, 9.17) is 18.9 Å². The number of pyridine rings is 1. The lowest BCUT2D eigenvalue weighted by Crippen LogP contribution is -2.53. The standard InChI is InChI=1S/C49H56FN9O10/c1-49(2,3)69-47(64)53-41-29-35(56-20-24-67-25-21-56)30-52-43(41)45(62)51-15-23-66-26-22-59(48(65)68-32-33-9-5-4-6-10-33)31-42(60)57-16-18-58(19-17-57)46(63)38-27-34(13-14-39(38)50)28-40-36-11-7-8-12-37(36)44(61)55-54-40/h4-14,27,29-30H,15-26,28,31-32H2,1-3H3,(H,51,62)(H,53,64)(H,55,61). The number of rotatable bonds is 16. The fourth-order valence-electron chi connectivity index (χ4n) is 7.72. The topological polar surface area (TPSA) is 218 Å². The van der Waals surface area contributed by atoms with Gasteiger partial charge in [0, 0.05) is 64.2 Å². The highest BCUT2D eigenvalue weighted by atomic mass is 19.1. The van der Waals surface area contributed by atoms with Gasteiger partial charge in [0.15, 0.2) is 5.69 Å². The summed E-state index contributed by atoms with van der Waals surface area (Å²) < 4.78 is 37.4. The van der Waals surface area contributed by atoms with Crippen molar-refractivity contribution in [3.63, 3.8) is 0 Å². The molecule has 0 aliphatic carbocycles.